The number of benzene rings is 3. The highest BCUT2D eigenvalue weighted by molar-refractivity contribution is 6.25. The minimum atomic E-state index is 0.488. The predicted molar refractivity (Wildman–Crippen MR) is 140 cm³/mol. The summed E-state index contributed by atoms with van der Waals surface area (Å²) in [4.78, 5) is 0. The molecule has 1 aliphatic carbocycles. The van der Waals surface area contributed by atoms with E-state index in [9.17, 15) is 0 Å². The van der Waals surface area contributed by atoms with Crippen LogP contribution >= 0.6 is 0 Å². The molecule has 1 saturated carbocycles. The number of aromatic nitrogens is 2. The van der Waals surface area contributed by atoms with Crippen molar-refractivity contribution in [3.8, 4) is 0 Å². The van der Waals surface area contributed by atoms with Crippen LogP contribution in [0.15, 0.2) is 60.8 Å². The van der Waals surface area contributed by atoms with E-state index in [-0.39, 0.29) is 0 Å². The Bertz CT molecular complexity index is 1710. The Morgan fingerprint density at radius 3 is 2.48 bits per heavy atom. The quantitative estimate of drug-likeness (QED) is 0.143. The molecule has 3 aromatic carbocycles. The van der Waals surface area contributed by atoms with Crippen LogP contribution in [-0.2, 0) is 7.05 Å². The van der Waals surface area contributed by atoms with Crippen molar-refractivity contribution < 1.29 is 4.57 Å². The molecule has 0 aliphatic heterocycles. The molecule has 33 heavy (non-hydrogen) atoms. The van der Waals surface area contributed by atoms with Gasteiger partial charge in [-0.25, -0.2) is 4.57 Å². The van der Waals surface area contributed by atoms with E-state index < -0.39 is 0 Å². The van der Waals surface area contributed by atoms with Crippen LogP contribution in [0.3, 0.4) is 0 Å². The molecule has 1 aliphatic rings. The monoisotopic (exact) mass is 431 g/mol. The third-order valence-electron chi connectivity index (χ3n) is 8.57. The molecule has 164 valence electrons. The van der Waals surface area contributed by atoms with Crippen molar-refractivity contribution in [2.45, 2.75) is 52.4 Å². The summed E-state index contributed by atoms with van der Waals surface area (Å²) in [6.45, 7) is 7.13. The van der Waals surface area contributed by atoms with Crippen molar-refractivity contribution in [1.82, 2.24) is 4.40 Å². The number of hydrogen-bond acceptors (Lipinski definition) is 0. The van der Waals surface area contributed by atoms with Crippen molar-refractivity contribution in [2.24, 2.45) is 12.5 Å². The van der Waals surface area contributed by atoms with E-state index in [1.54, 1.807) is 0 Å². The molecule has 0 atom stereocenters. The average Bonchev–Trinajstić information content (AvgIpc) is 3.14. The van der Waals surface area contributed by atoms with Crippen molar-refractivity contribution in [3.05, 3.63) is 71.9 Å². The normalized spacial score (nSPS) is 17.3. The molecule has 3 aromatic heterocycles. The largest absolute Gasteiger partial charge is 0.307 e. The molecule has 7 rings (SSSR count). The van der Waals surface area contributed by atoms with Crippen LogP contribution in [-0.4, -0.2) is 4.40 Å². The maximum atomic E-state index is 2.57. The highest BCUT2D eigenvalue weighted by Crippen LogP contribution is 2.45. The third kappa shape index (κ3) is 2.58. The Morgan fingerprint density at radius 2 is 1.67 bits per heavy atom. The molecule has 6 aromatic rings. The lowest BCUT2D eigenvalue weighted by atomic mass is 9.71. The summed E-state index contributed by atoms with van der Waals surface area (Å²) < 4.78 is 4.90. The van der Waals surface area contributed by atoms with Gasteiger partial charge in [0.25, 0.3) is 0 Å². The Hall–Kier alpha value is -3.13. The van der Waals surface area contributed by atoms with Crippen LogP contribution in [0.2, 0.25) is 0 Å². The highest BCUT2D eigenvalue weighted by Gasteiger charge is 2.29. The second-order valence-corrected chi connectivity index (χ2v) is 11.2. The van der Waals surface area contributed by atoms with Crippen LogP contribution in [0.5, 0.6) is 0 Å². The molecule has 0 unspecified atom stereocenters. The minimum Gasteiger partial charge on any atom is -0.307 e. The third-order valence-corrected chi connectivity index (χ3v) is 8.57. The SMILES string of the molecule is Cc1ccc2c3ccccc3n3c4cc(C5CCC(C)(C)CC5)cc5cc[n+](C)c(c1c23)c54. The van der Waals surface area contributed by atoms with E-state index in [1.807, 2.05) is 0 Å². The Balaban J connectivity index is 1.68. The summed E-state index contributed by atoms with van der Waals surface area (Å²) in [6, 6.07) is 20.9. The maximum Gasteiger partial charge on any atom is 0.224 e. The molecule has 0 saturated heterocycles. The molecular weight excluding hydrogens is 400 g/mol. The van der Waals surface area contributed by atoms with Crippen molar-refractivity contribution in [1.29, 1.82) is 0 Å². The van der Waals surface area contributed by atoms with Gasteiger partial charge in [-0.2, -0.15) is 0 Å². The van der Waals surface area contributed by atoms with Gasteiger partial charge in [-0.1, -0.05) is 50.2 Å². The lowest BCUT2D eigenvalue weighted by Gasteiger charge is -2.34. The first-order valence-corrected chi connectivity index (χ1v) is 12.4. The molecule has 3 heterocycles. The van der Waals surface area contributed by atoms with E-state index in [0.29, 0.717) is 11.3 Å². The zero-order chi connectivity index (χ0) is 22.5. The average molecular weight is 432 g/mol. The topological polar surface area (TPSA) is 8.29 Å². The van der Waals surface area contributed by atoms with Gasteiger partial charge in [0.15, 0.2) is 6.20 Å². The number of aryl methyl sites for hydroxylation is 2. The number of nitrogens with zero attached hydrogens (tertiary/aromatic N) is 2. The summed E-state index contributed by atoms with van der Waals surface area (Å²) in [7, 11) is 2.20. The number of pyridine rings is 2. The smallest absolute Gasteiger partial charge is 0.224 e. The van der Waals surface area contributed by atoms with Gasteiger partial charge in [-0.05, 0) is 72.6 Å². The fourth-order valence-electron chi connectivity index (χ4n) is 6.66. The van der Waals surface area contributed by atoms with Gasteiger partial charge < -0.3 is 4.40 Å². The fraction of sp³-hybridized carbons (Fsp3) is 0.323. The van der Waals surface area contributed by atoms with Gasteiger partial charge in [0.05, 0.1) is 27.3 Å². The molecular formula is C31H31N2+. The summed E-state index contributed by atoms with van der Waals surface area (Å²) in [5.41, 5.74) is 8.77. The van der Waals surface area contributed by atoms with Crippen LogP contribution in [0, 0.1) is 12.3 Å². The molecule has 0 N–H and O–H groups in total. The Kier molecular flexibility index (Phi) is 3.79. The number of rotatable bonds is 1. The lowest BCUT2D eigenvalue weighted by molar-refractivity contribution is -0.643. The lowest BCUT2D eigenvalue weighted by Crippen LogP contribution is -2.29. The molecule has 2 heteroatoms. The zero-order valence-corrected chi connectivity index (χ0v) is 20.1. The van der Waals surface area contributed by atoms with Crippen LogP contribution < -0.4 is 4.57 Å². The number of hydrogen-bond donors (Lipinski definition) is 0. The fourth-order valence-corrected chi connectivity index (χ4v) is 6.66. The van der Waals surface area contributed by atoms with Gasteiger partial charge in [-0.15, -0.1) is 0 Å². The second-order valence-electron chi connectivity index (χ2n) is 11.2. The summed E-state index contributed by atoms with van der Waals surface area (Å²) in [5, 5.41) is 6.86. The van der Waals surface area contributed by atoms with E-state index in [2.05, 4.69) is 97.6 Å². The van der Waals surface area contributed by atoms with E-state index >= 15 is 0 Å². The molecule has 0 bridgehead atoms. The first-order valence-electron chi connectivity index (χ1n) is 12.4. The highest BCUT2D eigenvalue weighted by atomic mass is 15.0. The van der Waals surface area contributed by atoms with E-state index in [0.717, 1.165) is 0 Å². The van der Waals surface area contributed by atoms with Crippen molar-refractivity contribution in [2.75, 3.05) is 0 Å². The number of para-hydroxylation sites is 1. The molecule has 0 spiro atoms. The van der Waals surface area contributed by atoms with Crippen LogP contribution in [0.25, 0.3) is 49.0 Å². The van der Waals surface area contributed by atoms with Crippen molar-refractivity contribution in [3.63, 3.8) is 0 Å². The van der Waals surface area contributed by atoms with Crippen LogP contribution in [0.4, 0.5) is 0 Å². The van der Waals surface area contributed by atoms with Crippen molar-refractivity contribution >= 4 is 49.0 Å². The second kappa shape index (κ2) is 6.47. The molecule has 2 nitrogen and oxygen atoms in total. The van der Waals surface area contributed by atoms with E-state index in [1.165, 1.54) is 85.8 Å². The summed E-state index contributed by atoms with van der Waals surface area (Å²) >= 11 is 0. The standard InChI is InChI=1S/C31H31N2/c1-19-9-10-24-23-7-5-6-8-25(23)33-26-18-22(20-11-14-31(2,3)15-12-20)17-21-13-16-32(4)30(28(21)26)27(19)29(24)33/h5-10,13,16-18,20H,11-12,14-15H2,1-4H3/q+1. The Morgan fingerprint density at radius 1 is 0.879 bits per heavy atom. The number of fused-ring (bicyclic) bond motifs is 5. The summed E-state index contributed by atoms with van der Waals surface area (Å²) in [5.74, 6) is 0.660. The van der Waals surface area contributed by atoms with Gasteiger partial charge in [0.2, 0.25) is 5.52 Å². The maximum absolute atomic E-state index is 2.57. The predicted octanol–water partition coefficient (Wildman–Crippen LogP) is 7.81. The molecule has 0 amide bonds. The first-order chi connectivity index (χ1) is 15.9. The minimum absolute atomic E-state index is 0.488. The van der Waals surface area contributed by atoms with Gasteiger partial charge in [0, 0.05) is 16.8 Å². The molecule has 0 radical (unpaired) electrons. The van der Waals surface area contributed by atoms with Gasteiger partial charge >= 0.3 is 0 Å². The van der Waals surface area contributed by atoms with Gasteiger partial charge in [-0.3, -0.25) is 0 Å². The first kappa shape index (κ1) is 19.3. The van der Waals surface area contributed by atoms with Gasteiger partial charge in [0.1, 0.15) is 7.05 Å². The summed E-state index contributed by atoms with van der Waals surface area (Å²) in [6.07, 6.45) is 7.48. The van der Waals surface area contributed by atoms with E-state index in [4.69, 9.17) is 0 Å². The Labute approximate surface area is 194 Å². The van der Waals surface area contributed by atoms with Crippen LogP contribution in [0.1, 0.15) is 56.6 Å². The zero-order valence-electron chi connectivity index (χ0n) is 20.1. The molecule has 1 fully saturated rings.